The van der Waals surface area contributed by atoms with Crippen molar-refractivity contribution in [3.63, 3.8) is 0 Å². The summed E-state index contributed by atoms with van der Waals surface area (Å²) in [7, 11) is 0. The Morgan fingerprint density at radius 3 is 2.17 bits per heavy atom. The summed E-state index contributed by atoms with van der Waals surface area (Å²) in [5.41, 5.74) is 4.11. The lowest BCUT2D eigenvalue weighted by Gasteiger charge is -2.16. The van der Waals surface area contributed by atoms with Crippen LogP contribution in [0.5, 0.6) is 0 Å². The first kappa shape index (κ1) is 17.7. The largest absolute Gasteiger partial charge is 0.480 e. The Hall–Kier alpha value is -2.63. The number of carbonyl (C=O) groups is 2. The summed E-state index contributed by atoms with van der Waals surface area (Å²) < 4.78 is 1.69. The molecule has 0 saturated carbocycles. The lowest BCUT2D eigenvalue weighted by Crippen LogP contribution is -2.44. The molecule has 0 saturated heterocycles. The van der Waals surface area contributed by atoms with E-state index < -0.39 is 17.9 Å². The van der Waals surface area contributed by atoms with Crippen molar-refractivity contribution in [2.24, 2.45) is 5.92 Å². The molecule has 2 aromatic rings. The highest BCUT2D eigenvalue weighted by Gasteiger charge is 2.25. The van der Waals surface area contributed by atoms with E-state index in [2.05, 4.69) is 16.5 Å². The molecule has 0 aliphatic carbocycles. The van der Waals surface area contributed by atoms with Crippen LogP contribution >= 0.6 is 0 Å². The van der Waals surface area contributed by atoms with Crippen molar-refractivity contribution in [1.82, 2.24) is 15.1 Å². The highest BCUT2D eigenvalue weighted by Crippen LogP contribution is 2.16. The van der Waals surface area contributed by atoms with Gasteiger partial charge in [-0.1, -0.05) is 19.9 Å². The predicted octanol–water partition coefficient (Wildman–Crippen LogP) is 2.64. The maximum atomic E-state index is 12.3. The number of benzene rings is 1. The maximum Gasteiger partial charge on any atom is 0.326 e. The van der Waals surface area contributed by atoms with Gasteiger partial charge in [0, 0.05) is 5.69 Å². The lowest BCUT2D eigenvalue weighted by molar-refractivity contribution is -0.140. The second-order valence-electron chi connectivity index (χ2n) is 6.46. The van der Waals surface area contributed by atoms with Crippen LogP contribution in [0, 0.1) is 26.7 Å². The van der Waals surface area contributed by atoms with Gasteiger partial charge in [0.25, 0.3) is 5.91 Å². The van der Waals surface area contributed by atoms with E-state index in [0.717, 1.165) is 22.5 Å². The normalized spacial score (nSPS) is 12.2. The standard InChI is InChI=1S/C18H23N3O3/c1-10(2)16(18(23)24)19-17(22)15-9-13(5)21(20-15)14-7-11(3)6-12(4)8-14/h6-10,16H,1-5H3,(H,19,22)(H,23,24)/t16-/m0/s1. The highest BCUT2D eigenvalue weighted by atomic mass is 16.4. The molecule has 1 atom stereocenters. The molecule has 24 heavy (non-hydrogen) atoms. The fourth-order valence-corrected chi connectivity index (χ4v) is 2.65. The van der Waals surface area contributed by atoms with Gasteiger partial charge in [-0.3, -0.25) is 4.79 Å². The van der Waals surface area contributed by atoms with Crippen molar-refractivity contribution in [1.29, 1.82) is 0 Å². The zero-order valence-electron chi connectivity index (χ0n) is 14.6. The van der Waals surface area contributed by atoms with Gasteiger partial charge in [0.1, 0.15) is 6.04 Å². The van der Waals surface area contributed by atoms with E-state index >= 15 is 0 Å². The molecular formula is C18H23N3O3. The summed E-state index contributed by atoms with van der Waals surface area (Å²) in [6.45, 7) is 9.36. The van der Waals surface area contributed by atoms with Gasteiger partial charge in [0.15, 0.2) is 5.69 Å². The van der Waals surface area contributed by atoms with Crippen LogP contribution in [-0.2, 0) is 4.79 Å². The van der Waals surface area contributed by atoms with Crippen LogP contribution in [0.4, 0.5) is 0 Å². The third kappa shape index (κ3) is 3.82. The molecule has 1 aromatic carbocycles. The second kappa shape index (κ2) is 6.86. The number of aromatic nitrogens is 2. The molecule has 0 spiro atoms. The van der Waals surface area contributed by atoms with Gasteiger partial charge in [-0.05, 0) is 56.0 Å². The lowest BCUT2D eigenvalue weighted by atomic mass is 10.0. The number of nitrogens with zero attached hydrogens (tertiary/aromatic N) is 2. The molecule has 6 nitrogen and oxygen atoms in total. The minimum Gasteiger partial charge on any atom is -0.480 e. The molecule has 0 aliphatic rings. The molecule has 6 heteroatoms. The van der Waals surface area contributed by atoms with Gasteiger partial charge in [0.05, 0.1) is 5.69 Å². The molecule has 2 N–H and O–H groups in total. The van der Waals surface area contributed by atoms with Crippen LogP contribution < -0.4 is 5.32 Å². The monoisotopic (exact) mass is 329 g/mol. The minimum atomic E-state index is -1.05. The van der Waals surface area contributed by atoms with E-state index in [4.69, 9.17) is 0 Å². The summed E-state index contributed by atoms with van der Waals surface area (Å²) >= 11 is 0. The van der Waals surface area contributed by atoms with Crippen LogP contribution in [0.1, 0.15) is 41.2 Å². The SMILES string of the molecule is Cc1cc(C)cc(-n2nc(C(=O)N[C@H](C(=O)O)C(C)C)cc2C)c1. The third-order valence-electron chi connectivity index (χ3n) is 3.79. The molecule has 0 fully saturated rings. The fourth-order valence-electron chi connectivity index (χ4n) is 2.65. The number of amides is 1. The molecule has 2 rings (SSSR count). The van der Waals surface area contributed by atoms with E-state index in [9.17, 15) is 14.7 Å². The first-order chi connectivity index (χ1) is 11.2. The average molecular weight is 329 g/mol. The Labute approximate surface area is 141 Å². The van der Waals surface area contributed by atoms with Gasteiger partial charge >= 0.3 is 5.97 Å². The number of hydrogen-bond acceptors (Lipinski definition) is 3. The molecular weight excluding hydrogens is 306 g/mol. The zero-order valence-corrected chi connectivity index (χ0v) is 14.6. The minimum absolute atomic E-state index is 0.207. The van der Waals surface area contributed by atoms with Crippen LogP contribution in [0.3, 0.4) is 0 Å². The smallest absolute Gasteiger partial charge is 0.326 e. The summed E-state index contributed by atoms with van der Waals surface area (Å²) in [5, 5.41) is 16.1. The van der Waals surface area contributed by atoms with Gasteiger partial charge in [0.2, 0.25) is 0 Å². The van der Waals surface area contributed by atoms with E-state index in [1.54, 1.807) is 24.6 Å². The van der Waals surface area contributed by atoms with Gasteiger partial charge in [-0.25, -0.2) is 9.48 Å². The van der Waals surface area contributed by atoms with Crippen LogP contribution in [0.15, 0.2) is 24.3 Å². The topological polar surface area (TPSA) is 84.2 Å². The third-order valence-corrected chi connectivity index (χ3v) is 3.79. The molecule has 0 unspecified atom stereocenters. The van der Waals surface area contributed by atoms with Crippen molar-refractivity contribution in [2.45, 2.75) is 40.7 Å². The summed E-state index contributed by atoms with van der Waals surface area (Å²) in [6.07, 6.45) is 0. The number of carboxylic acid groups (broad SMARTS) is 1. The summed E-state index contributed by atoms with van der Waals surface area (Å²) in [4.78, 5) is 23.6. The first-order valence-corrected chi connectivity index (χ1v) is 7.88. The number of carbonyl (C=O) groups excluding carboxylic acids is 1. The number of aliphatic carboxylic acids is 1. The summed E-state index contributed by atoms with van der Waals surface area (Å²) in [6, 6.07) is 6.76. The van der Waals surface area contributed by atoms with Crippen molar-refractivity contribution >= 4 is 11.9 Å². The number of rotatable bonds is 5. The average Bonchev–Trinajstić information content (AvgIpc) is 2.84. The maximum absolute atomic E-state index is 12.3. The quantitative estimate of drug-likeness (QED) is 0.883. The molecule has 0 aliphatic heterocycles. The number of hydrogen-bond donors (Lipinski definition) is 2. The second-order valence-corrected chi connectivity index (χ2v) is 6.46. The van der Waals surface area contributed by atoms with Crippen molar-refractivity contribution in [3.05, 3.63) is 46.8 Å². The number of aryl methyl sites for hydroxylation is 3. The van der Waals surface area contributed by atoms with E-state index in [1.807, 2.05) is 32.9 Å². The number of nitrogens with one attached hydrogen (secondary N) is 1. The Morgan fingerprint density at radius 2 is 1.67 bits per heavy atom. The van der Waals surface area contributed by atoms with Crippen LogP contribution in [0.25, 0.3) is 5.69 Å². The molecule has 0 bridgehead atoms. The predicted molar refractivity (Wildman–Crippen MR) is 91.5 cm³/mol. The molecule has 1 amide bonds. The van der Waals surface area contributed by atoms with Gasteiger partial charge in [-0.2, -0.15) is 5.10 Å². The van der Waals surface area contributed by atoms with Gasteiger partial charge in [-0.15, -0.1) is 0 Å². The Kier molecular flexibility index (Phi) is 5.07. The van der Waals surface area contributed by atoms with Crippen LogP contribution in [-0.4, -0.2) is 32.8 Å². The molecule has 1 aromatic heterocycles. The van der Waals surface area contributed by atoms with Crippen LogP contribution in [0.2, 0.25) is 0 Å². The molecule has 0 radical (unpaired) electrons. The van der Waals surface area contributed by atoms with Crippen molar-refractivity contribution in [3.8, 4) is 5.69 Å². The molecule has 1 heterocycles. The Balaban J connectivity index is 2.31. The Bertz CT molecular complexity index is 758. The van der Waals surface area contributed by atoms with E-state index in [-0.39, 0.29) is 11.6 Å². The van der Waals surface area contributed by atoms with Gasteiger partial charge < -0.3 is 10.4 Å². The molecule has 128 valence electrons. The zero-order chi connectivity index (χ0) is 18.0. The van der Waals surface area contributed by atoms with E-state index in [1.165, 1.54) is 0 Å². The highest BCUT2D eigenvalue weighted by molar-refractivity contribution is 5.95. The van der Waals surface area contributed by atoms with E-state index in [0.29, 0.717) is 0 Å². The van der Waals surface area contributed by atoms with Crippen molar-refractivity contribution in [2.75, 3.05) is 0 Å². The summed E-state index contributed by atoms with van der Waals surface area (Å²) in [5.74, 6) is -1.75. The fraction of sp³-hybridized carbons (Fsp3) is 0.389. The Morgan fingerprint density at radius 1 is 1.08 bits per heavy atom. The first-order valence-electron chi connectivity index (χ1n) is 7.88. The van der Waals surface area contributed by atoms with Crippen molar-refractivity contribution < 1.29 is 14.7 Å². The number of carboxylic acids is 1.